The van der Waals surface area contributed by atoms with Crippen molar-refractivity contribution in [2.45, 2.75) is 45.3 Å². The Balaban J connectivity index is 1.55. The van der Waals surface area contributed by atoms with Crippen LogP contribution >= 0.6 is 0 Å². The lowest BCUT2D eigenvalue weighted by atomic mass is 9.62. The maximum absolute atomic E-state index is 12.6. The monoisotopic (exact) mass is 441 g/mol. The van der Waals surface area contributed by atoms with Crippen LogP contribution in [0.5, 0.6) is 0 Å². The van der Waals surface area contributed by atoms with E-state index in [2.05, 4.69) is 5.32 Å². The van der Waals surface area contributed by atoms with Crippen LogP contribution in [0.3, 0.4) is 0 Å². The molecule has 32 heavy (non-hydrogen) atoms. The molecule has 1 aromatic carbocycles. The molecule has 0 aromatic heterocycles. The number of hydrogen-bond acceptors (Lipinski definition) is 7. The highest BCUT2D eigenvalue weighted by Crippen LogP contribution is 2.49. The summed E-state index contributed by atoms with van der Waals surface area (Å²) < 4.78 is 15.5. The zero-order valence-corrected chi connectivity index (χ0v) is 18.0. The van der Waals surface area contributed by atoms with Crippen molar-refractivity contribution in [3.8, 4) is 0 Å². The van der Waals surface area contributed by atoms with Crippen LogP contribution in [0.1, 0.15) is 38.2 Å². The van der Waals surface area contributed by atoms with Gasteiger partial charge in [0.2, 0.25) is 0 Å². The summed E-state index contributed by atoms with van der Waals surface area (Å²) in [5.74, 6) is -3.41. The summed E-state index contributed by atoms with van der Waals surface area (Å²) >= 11 is 0. The molecule has 4 rings (SSSR count). The minimum absolute atomic E-state index is 0.0108. The van der Waals surface area contributed by atoms with Gasteiger partial charge in [0.05, 0.1) is 17.9 Å². The number of amides is 1. The SMILES string of the molecule is CC(=O)OC[C@@H](NC(=O)OCc1ccccc1)[C@@H]1C=C2CCCC[C@@H]2[C@@H]2C(=O)OC(=O)[C@H]12. The maximum Gasteiger partial charge on any atom is 0.407 e. The number of esters is 3. The fraction of sp³-hybridized carbons (Fsp3) is 0.500. The molecular formula is C24H27NO7. The number of carbonyl (C=O) groups is 4. The van der Waals surface area contributed by atoms with Crippen LogP contribution in [0, 0.1) is 23.7 Å². The topological polar surface area (TPSA) is 108 Å². The van der Waals surface area contributed by atoms with E-state index in [1.807, 2.05) is 36.4 Å². The third-order valence-corrected chi connectivity index (χ3v) is 6.54. The smallest absolute Gasteiger partial charge is 0.407 e. The second kappa shape index (κ2) is 9.54. The molecule has 1 heterocycles. The number of hydrogen-bond donors (Lipinski definition) is 1. The molecule has 0 radical (unpaired) electrons. The Hall–Kier alpha value is -3.16. The van der Waals surface area contributed by atoms with Gasteiger partial charge in [0.15, 0.2) is 0 Å². The quantitative estimate of drug-likeness (QED) is 0.313. The Morgan fingerprint density at radius 3 is 2.59 bits per heavy atom. The largest absolute Gasteiger partial charge is 0.464 e. The summed E-state index contributed by atoms with van der Waals surface area (Å²) in [6.45, 7) is 1.21. The van der Waals surface area contributed by atoms with Gasteiger partial charge in [-0.2, -0.15) is 0 Å². The Kier molecular flexibility index (Phi) is 6.58. The molecule has 1 aromatic rings. The Morgan fingerprint density at radius 1 is 1.09 bits per heavy atom. The molecule has 1 saturated carbocycles. The number of cyclic esters (lactones) is 2. The molecule has 1 aliphatic heterocycles. The molecule has 2 fully saturated rings. The van der Waals surface area contributed by atoms with Crippen LogP contribution in [-0.2, 0) is 35.2 Å². The van der Waals surface area contributed by atoms with E-state index in [0.717, 1.165) is 36.8 Å². The van der Waals surface area contributed by atoms with Crippen molar-refractivity contribution >= 4 is 24.0 Å². The van der Waals surface area contributed by atoms with Crippen molar-refractivity contribution in [1.29, 1.82) is 0 Å². The van der Waals surface area contributed by atoms with Gasteiger partial charge in [0.1, 0.15) is 13.2 Å². The first-order chi connectivity index (χ1) is 15.4. The molecule has 0 spiro atoms. The molecule has 3 aliphatic rings. The molecule has 0 bridgehead atoms. The Labute approximate surface area is 186 Å². The molecule has 170 valence electrons. The summed E-state index contributed by atoms with van der Waals surface area (Å²) in [4.78, 5) is 49.2. The van der Waals surface area contributed by atoms with E-state index in [-0.39, 0.29) is 19.1 Å². The summed E-state index contributed by atoms with van der Waals surface area (Å²) in [7, 11) is 0. The van der Waals surface area contributed by atoms with Gasteiger partial charge in [-0.1, -0.05) is 48.4 Å². The first-order valence-electron chi connectivity index (χ1n) is 11.0. The summed E-state index contributed by atoms with van der Waals surface area (Å²) in [5, 5.41) is 2.75. The van der Waals surface area contributed by atoms with Gasteiger partial charge in [-0.05, 0) is 30.7 Å². The first kappa shape index (κ1) is 22.0. The molecule has 0 unspecified atom stereocenters. The van der Waals surface area contributed by atoms with Crippen molar-refractivity contribution in [2.24, 2.45) is 23.7 Å². The van der Waals surface area contributed by atoms with Crippen LogP contribution < -0.4 is 5.32 Å². The minimum Gasteiger partial charge on any atom is -0.464 e. The first-order valence-corrected chi connectivity index (χ1v) is 11.0. The minimum atomic E-state index is -0.733. The van der Waals surface area contributed by atoms with Crippen LogP contribution in [0.15, 0.2) is 42.0 Å². The lowest BCUT2D eigenvalue weighted by Crippen LogP contribution is -2.50. The standard InChI is InChI=1S/C24H27NO7/c1-14(26)30-13-19(25-24(29)31-12-15-7-3-2-4-8-15)18-11-16-9-5-6-10-17(16)20-21(18)23(28)32-22(20)27/h2-4,7-8,11,17-21H,5-6,9-10,12-13H2,1H3,(H,25,29)/t17-,18-,19+,20-,21+/m0/s1. The maximum atomic E-state index is 12.6. The predicted octanol–water partition coefficient (Wildman–Crippen LogP) is 2.91. The zero-order chi connectivity index (χ0) is 22.7. The zero-order valence-electron chi connectivity index (χ0n) is 18.0. The number of benzene rings is 1. The van der Waals surface area contributed by atoms with Crippen LogP contribution in [0.4, 0.5) is 4.79 Å². The van der Waals surface area contributed by atoms with Crippen molar-refractivity contribution in [3.63, 3.8) is 0 Å². The van der Waals surface area contributed by atoms with E-state index < -0.39 is 47.8 Å². The molecule has 1 saturated heterocycles. The van der Waals surface area contributed by atoms with E-state index in [4.69, 9.17) is 14.2 Å². The highest BCUT2D eigenvalue weighted by molar-refractivity contribution is 5.97. The van der Waals surface area contributed by atoms with Crippen LogP contribution in [0.2, 0.25) is 0 Å². The Bertz CT molecular complexity index is 926. The second-order valence-electron chi connectivity index (χ2n) is 8.58. The normalized spacial score (nSPS) is 27.3. The van der Waals surface area contributed by atoms with Gasteiger partial charge >= 0.3 is 24.0 Å². The van der Waals surface area contributed by atoms with Crippen molar-refractivity contribution < 1.29 is 33.4 Å². The lowest BCUT2D eigenvalue weighted by Gasteiger charge is -2.40. The van der Waals surface area contributed by atoms with E-state index >= 15 is 0 Å². The Morgan fingerprint density at radius 2 is 1.84 bits per heavy atom. The fourth-order valence-electron chi connectivity index (χ4n) is 5.11. The van der Waals surface area contributed by atoms with Crippen LogP contribution in [-0.4, -0.2) is 36.6 Å². The molecule has 5 atom stereocenters. The van der Waals surface area contributed by atoms with Crippen molar-refractivity contribution in [2.75, 3.05) is 6.61 Å². The number of alkyl carbamates (subject to hydrolysis) is 1. The van der Waals surface area contributed by atoms with Crippen molar-refractivity contribution in [1.82, 2.24) is 5.32 Å². The molecule has 8 heteroatoms. The average molecular weight is 441 g/mol. The summed E-state index contributed by atoms with van der Waals surface area (Å²) in [6, 6.07) is 8.50. The second-order valence-corrected chi connectivity index (χ2v) is 8.58. The highest BCUT2D eigenvalue weighted by Gasteiger charge is 2.56. The van der Waals surface area contributed by atoms with Gasteiger partial charge in [0, 0.05) is 12.8 Å². The van der Waals surface area contributed by atoms with Gasteiger partial charge in [0.25, 0.3) is 0 Å². The number of allylic oxidation sites excluding steroid dienone is 1. The van der Waals surface area contributed by atoms with E-state index in [9.17, 15) is 19.2 Å². The summed E-state index contributed by atoms with van der Waals surface area (Å²) in [6.07, 6.45) is 4.98. The highest BCUT2D eigenvalue weighted by atomic mass is 16.6. The van der Waals surface area contributed by atoms with E-state index in [1.165, 1.54) is 6.92 Å². The number of nitrogens with one attached hydrogen (secondary N) is 1. The van der Waals surface area contributed by atoms with Gasteiger partial charge in [-0.3, -0.25) is 14.4 Å². The number of carbonyl (C=O) groups excluding carboxylic acids is 4. The molecule has 1 amide bonds. The van der Waals surface area contributed by atoms with Gasteiger partial charge in [-0.15, -0.1) is 0 Å². The van der Waals surface area contributed by atoms with E-state index in [1.54, 1.807) is 0 Å². The van der Waals surface area contributed by atoms with Gasteiger partial charge in [-0.25, -0.2) is 4.79 Å². The fourth-order valence-corrected chi connectivity index (χ4v) is 5.11. The third-order valence-electron chi connectivity index (χ3n) is 6.54. The third kappa shape index (κ3) is 4.69. The van der Waals surface area contributed by atoms with Gasteiger partial charge < -0.3 is 19.5 Å². The molecule has 1 N–H and O–H groups in total. The molecular weight excluding hydrogens is 414 g/mol. The number of rotatable bonds is 6. The van der Waals surface area contributed by atoms with Crippen LogP contribution in [0.25, 0.3) is 0 Å². The predicted molar refractivity (Wildman–Crippen MR) is 112 cm³/mol. The molecule has 8 nitrogen and oxygen atoms in total. The lowest BCUT2D eigenvalue weighted by molar-refractivity contribution is -0.154. The number of fused-ring (bicyclic) bond motifs is 3. The summed E-state index contributed by atoms with van der Waals surface area (Å²) in [5.41, 5.74) is 1.94. The average Bonchev–Trinajstić information content (AvgIpc) is 3.09. The van der Waals surface area contributed by atoms with Crippen molar-refractivity contribution in [3.05, 3.63) is 47.5 Å². The molecule has 2 aliphatic carbocycles. The number of ether oxygens (including phenoxy) is 3. The van der Waals surface area contributed by atoms with E-state index in [0.29, 0.717) is 0 Å².